The zero-order valence-electron chi connectivity index (χ0n) is 10.6. The molecule has 94 valence electrons. The Labute approximate surface area is 111 Å². The van der Waals surface area contributed by atoms with E-state index < -0.39 is 0 Å². The summed E-state index contributed by atoms with van der Waals surface area (Å²) in [6, 6.07) is 8.38. The first-order valence-electron chi connectivity index (χ1n) is 6.12. The first-order valence-corrected chi connectivity index (χ1v) is 6.52. The van der Waals surface area contributed by atoms with Crippen molar-refractivity contribution in [2.45, 2.75) is 18.8 Å². The van der Waals surface area contributed by atoms with E-state index in [1.807, 2.05) is 18.7 Å². The Morgan fingerprint density at radius 3 is 2.50 bits per heavy atom. The van der Waals surface area contributed by atoms with E-state index >= 15 is 0 Å². The van der Waals surface area contributed by atoms with Crippen LogP contribution in [0, 0.1) is 4.77 Å². The van der Waals surface area contributed by atoms with Crippen LogP contribution in [0.5, 0.6) is 0 Å². The van der Waals surface area contributed by atoms with Crippen molar-refractivity contribution in [3.05, 3.63) is 34.9 Å². The second-order valence-electron chi connectivity index (χ2n) is 4.91. The third-order valence-electron chi connectivity index (χ3n) is 3.27. The topological polar surface area (TPSA) is 36.9 Å². The molecule has 1 saturated carbocycles. The van der Waals surface area contributed by atoms with Crippen molar-refractivity contribution in [3.63, 3.8) is 0 Å². The molecule has 0 aliphatic heterocycles. The van der Waals surface area contributed by atoms with Crippen LogP contribution in [-0.4, -0.2) is 28.9 Å². The molecule has 0 bridgehead atoms. The molecule has 3 rings (SSSR count). The van der Waals surface area contributed by atoms with E-state index in [-0.39, 0.29) is 0 Å². The highest BCUT2D eigenvalue weighted by Crippen LogP contribution is 2.39. The van der Waals surface area contributed by atoms with Gasteiger partial charge in [0.1, 0.15) is 5.82 Å². The maximum atomic E-state index is 5.32. The molecule has 0 spiro atoms. The number of H-pyrrole nitrogens is 1. The molecule has 2 aromatic rings. The van der Waals surface area contributed by atoms with Gasteiger partial charge in [-0.1, -0.05) is 0 Å². The number of rotatable bonds is 3. The molecule has 1 N–H and O–H groups in total. The highest BCUT2D eigenvalue weighted by molar-refractivity contribution is 7.71. The van der Waals surface area contributed by atoms with Gasteiger partial charge in [0.15, 0.2) is 4.77 Å². The van der Waals surface area contributed by atoms with Gasteiger partial charge in [0.2, 0.25) is 0 Å². The SMILES string of the molecule is CN(C)c1ccc(-n2c(C3CC3)n[nH]c2=S)cc1. The lowest BCUT2D eigenvalue weighted by atomic mass is 10.2. The third-order valence-corrected chi connectivity index (χ3v) is 3.54. The molecular weight excluding hydrogens is 244 g/mol. The summed E-state index contributed by atoms with van der Waals surface area (Å²) in [5.74, 6) is 1.64. The molecular formula is C13H16N4S. The number of anilines is 1. The first-order chi connectivity index (χ1) is 8.66. The minimum absolute atomic E-state index is 0.575. The fourth-order valence-electron chi connectivity index (χ4n) is 2.07. The van der Waals surface area contributed by atoms with Crippen LogP contribution >= 0.6 is 12.2 Å². The summed E-state index contributed by atoms with van der Waals surface area (Å²) in [5, 5.41) is 7.25. The standard InChI is InChI=1S/C13H16N4S/c1-16(2)10-5-7-11(8-6-10)17-12(9-3-4-9)14-15-13(17)18/h5-9H,3-4H2,1-2H3,(H,15,18). The summed E-state index contributed by atoms with van der Waals surface area (Å²) in [7, 11) is 4.07. The molecule has 0 saturated heterocycles. The van der Waals surface area contributed by atoms with E-state index in [1.54, 1.807) is 0 Å². The molecule has 18 heavy (non-hydrogen) atoms. The normalized spacial score (nSPS) is 14.8. The van der Waals surface area contributed by atoms with E-state index in [9.17, 15) is 0 Å². The summed E-state index contributed by atoms with van der Waals surface area (Å²) in [6.07, 6.45) is 2.44. The van der Waals surface area contributed by atoms with Gasteiger partial charge < -0.3 is 4.90 Å². The van der Waals surface area contributed by atoms with Crippen molar-refractivity contribution in [1.29, 1.82) is 0 Å². The predicted molar refractivity (Wildman–Crippen MR) is 75.1 cm³/mol. The molecule has 1 heterocycles. The molecule has 1 aromatic heterocycles. The third kappa shape index (κ3) is 1.95. The van der Waals surface area contributed by atoms with Gasteiger partial charge in [-0.2, -0.15) is 5.10 Å². The van der Waals surface area contributed by atoms with Crippen LogP contribution in [0.3, 0.4) is 0 Å². The van der Waals surface area contributed by atoms with Crippen molar-refractivity contribution >= 4 is 17.9 Å². The van der Waals surface area contributed by atoms with Crippen molar-refractivity contribution in [1.82, 2.24) is 14.8 Å². The summed E-state index contributed by atoms with van der Waals surface area (Å²) < 4.78 is 2.72. The number of aromatic amines is 1. The van der Waals surface area contributed by atoms with Crippen molar-refractivity contribution in [2.75, 3.05) is 19.0 Å². The van der Waals surface area contributed by atoms with Gasteiger partial charge in [-0.3, -0.25) is 9.67 Å². The van der Waals surface area contributed by atoms with Crippen molar-refractivity contribution < 1.29 is 0 Å². The van der Waals surface area contributed by atoms with Crippen LogP contribution in [0.2, 0.25) is 0 Å². The zero-order valence-corrected chi connectivity index (χ0v) is 11.4. The fourth-order valence-corrected chi connectivity index (χ4v) is 2.32. The Bertz CT molecular complexity index is 605. The molecule has 0 amide bonds. The van der Waals surface area contributed by atoms with Crippen LogP contribution < -0.4 is 4.90 Å². The van der Waals surface area contributed by atoms with Gasteiger partial charge in [0.25, 0.3) is 0 Å². The quantitative estimate of drug-likeness (QED) is 0.862. The fraction of sp³-hybridized carbons (Fsp3) is 0.385. The lowest BCUT2D eigenvalue weighted by molar-refractivity contribution is 0.868. The van der Waals surface area contributed by atoms with Crippen LogP contribution in [0.25, 0.3) is 5.69 Å². The largest absolute Gasteiger partial charge is 0.378 e. The lowest BCUT2D eigenvalue weighted by Crippen LogP contribution is -2.08. The number of hydrogen-bond acceptors (Lipinski definition) is 3. The smallest absolute Gasteiger partial charge is 0.199 e. The molecule has 1 fully saturated rings. The van der Waals surface area contributed by atoms with E-state index in [0.29, 0.717) is 10.7 Å². The average Bonchev–Trinajstić information content (AvgIpc) is 3.13. The Morgan fingerprint density at radius 2 is 1.94 bits per heavy atom. The molecule has 0 radical (unpaired) electrons. The van der Waals surface area contributed by atoms with Gasteiger partial charge in [-0.05, 0) is 49.3 Å². The number of benzene rings is 1. The highest BCUT2D eigenvalue weighted by atomic mass is 32.1. The summed E-state index contributed by atoms with van der Waals surface area (Å²) in [4.78, 5) is 2.08. The van der Waals surface area contributed by atoms with Gasteiger partial charge in [0.05, 0.1) is 0 Å². The highest BCUT2D eigenvalue weighted by Gasteiger charge is 2.29. The second-order valence-corrected chi connectivity index (χ2v) is 5.29. The first kappa shape index (κ1) is 11.5. The maximum absolute atomic E-state index is 5.32. The minimum Gasteiger partial charge on any atom is -0.378 e. The molecule has 0 atom stereocenters. The second kappa shape index (κ2) is 4.24. The van der Waals surface area contributed by atoms with E-state index in [4.69, 9.17) is 12.2 Å². The summed E-state index contributed by atoms with van der Waals surface area (Å²) >= 11 is 5.32. The van der Waals surface area contributed by atoms with E-state index in [1.165, 1.54) is 18.5 Å². The van der Waals surface area contributed by atoms with Gasteiger partial charge in [-0.15, -0.1) is 0 Å². The average molecular weight is 260 g/mol. The molecule has 0 unspecified atom stereocenters. The van der Waals surface area contributed by atoms with E-state index in [2.05, 4.69) is 39.4 Å². The Balaban J connectivity index is 2.04. The van der Waals surface area contributed by atoms with Crippen molar-refractivity contribution in [2.24, 2.45) is 0 Å². The maximum Gasteiger partial charge on any atom is 0.199 e. The number of hydrogen-bond donors (Lipinski definition) is 1. The van der Waals surface area contributed by atoms with E-state index in [0.717, 1.165) is 11.5 Å². The summed E-state index contributed by atoms with van der Waals surface area (Å²) in [5.41, 5.74) is 2.27. The van der Waals surface area contributed by atoms with Crippen LogP contribution in [0.1, 0.15) is 24.6 Å². The van der Waals surface area contributed by atoms with Crippen LogP contribution in [0.4, 0.5) is 5.69 Å². The Morgan fingerprint density at radius 1 is 1.28 bits per heavy atom. The lowest BCUT2D eigenvalue weighted by Gasteiger charge is -2.13. The number of aromatic nitrogens is 3. The molecule has 1 aromatic carbocycles. The van der Waals surface area contributed by atoms with Gasteiger partial charge in [-0.25, -0.2) is 0 Å². The van der Waals surface area contributed by atoms with Crippen LogP contribution in [-0.2, 0) is 0 Å². The monoisotopic (exact) mass is 260 g/mol. The zero-order chi connectivity index (χ0) is 12.7. The minimum atomic E-state index is 0.575. The molecule has 1 aliphatic carbocycles. The van der Waals surface area contributed by atoms with Gasteiger partial charge in [0, 0.05) is 31.4 Å². The molecule has 5 heteroatoms. The molecule has 4 nitrogen and oxygen atoms in total. The summed E-state index contributed by atoms with van der Waals surface area (Å²) in [6.45, 7) is 0. The van der Waals surface area contributed by atoms with Crippen molar-refractivity contribution in [3.8, 4) is 5.69 Å². The molecule has 1 aliphatic rings. The number of nitrogens with zero attached hydrogens (tertiary/aromatic N) is 3. The van der Waals surface area contributed by atoms with Crippen LogP contribution in [0.15, 0.2) is 24.3 Å². The Hall–Kier alpha value is -1.62. The predicted octanol–water partition coefficient (Wildman–Crippen LogP) is 2.87. The Kier molecular flexibility index (Phi) is 2.70. The van der Waals surface area contributed by atoms with Gasteiger partial charge >= 0.3 is 0 Å². The number of nitrogens with one attached hydrogen (secondary N) is 1.